The zero-order valence-electron chi connectivity index (χ0n) is 23.6. The number of hydrogen-bond donors (Lipinski definition) is 1. The fourth-order valence-electron chi connectivity index (χ4n) is 6.42. The summed E-state index contributed by atoms with van der Waals surface area (Å²) in [6.45, 7) is 4.47. The molecule has 1 N–H and O–H groups in total. The summed E-state index contributed by atoms with van der Waals surface area (Å²) >= 11 is 0. The molecule has 2 aliphatic carbocycles. The number of rotatable bonds is 10. The molecule has 0 aliphatic heterocycles. The maximum atomic E-state index is 15.1. The molecule has 0 bridgehead atoms. The summed E-state index contributed by atoms with van der Waals surface area (Å²) in [6.07, 6.45) is -0.177. The van der Waals surface area contributed by atoms with Crippen LogP contribution in [-0.2, 0) is 11.4 Å². The number of halogens is 4. The predicted octanol–water partition coefficient (Wildman–Crippen LogP) is 9.08. The first kappa shape index (κ1) is 29.8. The average Bonchev–Trinajstić information content (AvgIpc) is 3.72. The van der Waals surface area contributed by atoms with Crippen molar-refractivity contribution >= 4 is 11.8 Å². The standard InChI is InChI=1S/C34H34F4O4/c1-33(2)14-4-7-29(33)27-15-20(8-12-25(27)28-17-23(11-13-30(28)35)32(41)34(36,37)38)19-42-24-6-3-5-22(16-24)26(18-31(39)40)21-9-10-21/h3,5-6,8,11-13,15-17,21,26,29H,4,7,9-10,14,18-19H2,1-2H3,(H,39,40)/t26-,29+/m1/s1. The van der Waals surface area contributed by atoms with Crippen molar-refractivity contribution in [2.24, 2.45) is 11.3 Å². The molecule has 3 aromatic rings. The van der Waals surface area contributed by atoms with Gasteiger partial charge >= 0.3 is 12.1 Å². The first-order chi connectivity index (χ1) is 19.8. The molecule has 2 aliphatic rings. The highest BCUT2D eigenvalue weighted by Gasteiger charge is 2.40. The molecule has 42 heavy (non-hydrogen) atoms. The first-order valence-corrected chi connectivity index (χ1v) is 14.3. The van der Waals surface area contributed by atoms with Gasteiger partial charge in [0.15, 0.2) is 0 Å². The number of aliphatic carboxylic acids is 1. The summed E-state index contributed by atoms with van der Waals surface area (Å²) in [4.78, 5) is 23.4. The second kappa shape index (κ2) is 11.5. The van der Waals surface area contributed by atoms with Gasteiger partial charge in [0.1, 0.15) is 18.2 Å². The van der Waals surface area contributed by atoms with Crippen LogP contribution in [0.4, 0.5) is 17.6 Å². The summed E-state index contributed by atoms with van der Waals surface area (Å²) in [5.74, 6) is -2.58. The molecule has 3 aromatic carbocycles. The highest BCUT2D eigenvalue weighted by molar-refractivity contribution is 6.01. The van der Waals surface area contributed by atoms with Crippen LogP contribution in [-0.4, -0.2) is 23.0 Å². The molecule has 0 aromatic heterocycles. The Morgan fingerprint density at radius 3 is 2.40 bits per heavy atom. The number of carbonyl (C=O) groups excluding carboxylic acids is 1. The Morgan fingerprint density at radius 2 is 1.76 bits per heavy atom. The van der Waals surface area contributed by atoms with E-state index in [0.29, 0.717) is 17.2 Å². The average molecular weight is 583 g/mol. The molecule has 4 nitrogen and oxygen atoms in total. The van der Waals surface area contributed by atoms with Crippen molar-refractivity contribution in [1.82, 2.24) is 0 Å². The maximum absolute atomic E-state index is 15.1. The normalized spacial score (nSPS) is 19.0. The number of ether oxygens (including phenoxy) is 1. The largest absolute Gasteiger partial charge is 0.489 e. The molecule has 0 spiro atoms. The number of carboxylic acid groups (broad SMARTS) is 1. The molecule has 0 radical (unpaired) electrons. The van der Waals surface area contributed by atoms with Crippen molar-refractivity contribution in [3.63, 3.8) is 0 Å². The Bertz CT molecular complexity index is 1490. The molecular weight excluding hydrogens is 548 g/mol. The lowest BCUT2D eigenvalue weighted by Gasteiger charge is -2.30. The Labute approximate surface area is 242 Å². The lowest BCUT2D eigenvalue weighted by atomic mass is 9.75. The van der Waals surface area contributed by atoms with Crippen molar-refractivity contribution in [2.45, 2.75) is 77.0 Å². The summed E-state index contributed by atoms with van der Waals surface area (Å²) in [7, 11) is 0. The minimum Gasteiger partial charge on any atom is -0.489 e. The SMILES string of the molecule is CC1(C)CCC[C@H]1c1cc(COc2cccc([C@H](CC(=O)O)C3CC3)c2)ccc1-c1cc(C(=O)C(F)(F)F)ccc1F. The van der Waals surface area contributed by atoms with E-state index in [1.807, 2.05) is 30.3 Å². The zero-order chi connectivity index (χ0) is 30.2. The number of Topliss-reactive ketones (excluding diaryl/α,β-unsaturated/α-hetero) is 1. The van der Waals surface area contributed by atoms with E-state index in [1.54, 1.807) is 12.1 Å². The second-order valence-electron chi connectivity index (χ2n) is 12.3. The molecule has 0 saturated heterocycles. The summed E-state index contributed by atoms with van der Waals surface area (Å²) in [6, 6.07) is 15.7. The molecule has 0 heterocycles. The van der Waals surface area contributed by atoms with Crippen LogP contribution in [0, 0.1) is 17.2 Å². The van der Waals surface area contributed by atoms with Gasteiger partial charge < -0.3 is 9.84 Å². The number of ketones is 1. The van der Waals surface area contributed by atoms with E-state index in [0.717, 1.165) is 67.0 Å². The molecule has 8 heteroatoms. The van der Waals surface area contributed by atoms with Crippen molar-refractivity contribution in [1.29, 1.82) is 0 Å². The Balaban J connectivity index is 1.46. The zero-order valence-corrected chi connectivity index (χ0v) is 23.6. The van der Waals surface area contributed by atoms with E-state index in [-0.39, 0.29) is 35.8 Å². The summed E-state index contributed by atoms with van der Waals surface area (Å²) < 4.78 is 60.7. The van der Waals surface area contributed by atoms with Crippen LogP contribution in [0.3, 0.4) is 0 Å². The molecular formula is C34H34F4O4. The maximum Gasteiger partial charge on any atom is 0.454 e. The predicted molar refractivity (Wildman–Crippen MR) is 151 cm³/mol. The summed E-state index contributed by atoms with van der Waals surface area (Å²) in [5, 5.41) is 9.37. The number of carbonyl (C=O) groups is 2. The van der Waals surface area contributed by atoms with Crippen LogP contribution >= 0.6 is 0 Å². The number of alkyl halides is 3. The Hall–Kier alpha value is -3.68. The van der Waals surface area contributed by atoms with E-state index in [2.05, 4.69) is 13.8 Å². The van der Waals surface area contributed by atoms with E-state index in [4.69, 9.17) is 4.74 Å². The van der Waals surface area contributed by atoms with Gasteiger partial charge in [-0.05, 0) is 101 Å². The van der Waals surface area contributed by atoms with Gasteiger partial charge in [0.2, 0.25) is 0 Å². The van der Waals surface area contributed by atoms with Crippen molar-refractivity contribution < 1.29 is 37.0 Å². The van der Waals surface area contributed by atoms with Crippen LogP contribution in [0.2, 0.25) is 0 Å². The van der Waals surface area contributed by atoms with Gasteiger partial charge in [-0.3, -0.25) is 9.59 Å². The van der Waals surface area contributed by atoms with Gasteiger partial charge in [0.25, 0.3) is 5.78 Å². The summed E-state index contributed by atoms with van der Waals surface area (Å²) in [5.41, 5.74) is 2.29. The quantitative estimate of drug-likeness (QED) is 0.191. The molecule has 2 saturated carbocycles. The van der Waals surface area contributed by atoms with E-state index < -0.39 is 29.3 Å². The van der Waals surface area contributed by atoms with Crippen LogP contribution in [0.25, 0.3) is 11.1 Å². The van der Waals surface area contributed by atoms with Gasteiger partial charge in [0.05, 0.1) is 6.42 Å². The van der Waals surface area contributed by atoms with Crippen LogP contribution in [0.1, 0.15) is 91.3 Å². The van der Waals surface area contributed by atoms with E-state index in [9.17, 15) is 27.9 Å². The van der Waals surface area contributed by atoms with Crippen LogP contribution in [0.15, 0.2) is 60.7 Å². The minimum atomic E-state index is -5.06. The Morgan fingerprint density at radius 1 is 1.00 bits per heavy atom. The van der Waals surface area contributed by atoms with Gasteiger partial charge in [0, 0.05) is 11.1 Å². The lowest BCUT2D eigenvalue weighted by molar-refractivity contribution is -0.137. The number of hydrogen-bond acceptors (Lipinski definition) is 3. The lowest BCUT2D eigenvalue weighted by Crippen LogP contribution is -2.22. The highest BCUT2D eigenvalue weighted by atomic mass is 19.4. The molecule has 0 unspecified atom stereocenters. The van der Waals surface area contributed by atoms with E-state index in [1.165, 1.54) is 0 Å². The molecule has 2 atom stereocenters. The fourth-order valence-corrected chi connectivity index (χ4v) is 6.42. The van der Waals surface area contributed by atoms with Gasteiger partial charge in [-0.2, -0.15) is 13.2 Å². The first-order valence-electron chi connectivity index (χ1n) is 14.3. The number of carboxylic acids is 1. The third kappa shape index (κ3) is 6.53. The highest BCUT2D eigenvalue weighted by Crippen LogP contribution is 2.51. The molecule has 0 amide bonds. The van der Waals surface area contributed by atoms with E-state index >= 15 is 4.39 Å². The van der Waals surface area contributed by atoms with Gasteiger partial charge in [-0.15, -0.1) is 0 Å². The van der Waals surface area contributed by atoms with Crippen molar-refractivity contribution in [3.05, 3.63) is 88.7 Å². The third-order valence-electron chi connectivity index (χ3n) is 8.80. The monoisotopic (exact) mass is 582 g/mol. The van der Waals surface area contributed by atoms with Crippen LogP contribution < -0.4 is 4.74 Å². The van der Waals surface area contributed by atoms with Crippen LogP contribution in [0.5, 0.6) is 5.75 Å². The smallest absolute Gasteiger partial charge is 0.454 e. The minimum absolute atomic E-state index is 0.0347. The Kier molecular flexibility index (Phi) is 8.19. The topological polar surface area (TPSA) is 63.6 Å². The van der Waals surface area contributed by atoms with Gasteiger partial charge in [-0.1, -0.05) is 50.6 Å². The van der Waals surface area contributed by atoms with Crippen molar-refractivity contribution in [3.8, 4) is 16.9 Å². The van der Waals surface area contributed by atoms with Crippen molar-refractivity contribution in [2.75, 3.05) is 0 Å². The fraction of sp³-hybridized carbons (Fsp3) is 0.412. The number of benzene rings is 3. The second-order valence-corrected chi connectivity index (χ2v) is 12.3. The molecule has 5 rings (SSSR count). The molecule has 2 fully saturated rings. The third-order valence-corrected chi connectivity index (χ3v) is 8.80. The molecule has 222 valence electrons. The van der Waals surface area contributed by atoms with Gasteiger partial charge in [-0.25, -0.2) is 4.39 Å².